The van der Waals surface area contributed by atoms with Gasteiger partial charge in [0.1, 0.15) is 0 Å². The molecule has 1 heterocycles. The molecule has 2 rings (SSSR count). The maximum atomic E-state index is 10.6. The highest BCUT2D eigenvalue weighted by atomic mass is 16.4. The quantitative estimate of drug-likeness (QED) is 0.395. The monoisotopic (exact) mass is 371 g/mol. The van der Waals surface area contributed by atoms with Gasteiger partial charge < -0.3 is 15.2 Å². The lowest BCUT2D eigenvalue weighted by atomic mass is 10.0. The van der Waals surface area contributed by atoms with Crippen LogP contribution >= 0.6 is 0 Å². The van der Waals surface area contributed by atoms with Gasteiger partial charge in [0.2, 0.25) is 0 Å². The van der Waals surface area contributed by atoms with Crippen LogP contribution in [0.15, 0.2) is 30.3 Å². The van der Waals surface area contributed by atoms with Crippen molar-refractivity contribution in [2.45, 2.75) is 77.2 Å². The summed E-state index contributed by atoms with van der Waals surface area (Å²) in [6, 6.07) is 8.31. The van der Waals surface area contributed by atoms with E-state index in [-0.39, 0.29) is 6.42 Å². The zero-order valence-electron chi connectivity index (χ0n) is 16.4. The molecule has 4 heteroatoms. The lowest BCUT2D eigenvalue weighted by Gasteiger charge is -2.05. The normalized spacial score (nSPS) is 12.8. The number of rotatable bonds is 13. The second kappa shape index (κ2) is 11.6. The Hall–Kier alpha value is -2.07. The Morgan fingerprint density at radius 2 is 1.89 bits per heavy atom. The molecule has 1 unspecified atom stereocenters. The first-order valence-corrected chi connectivity index (χ1v) is 10.3. The van der Waals surface area contributed by atoms with Crippen molar-refractivity contribution in [2.24, 2.45) is 0 Å². The average Bonchev–Trinajstić information content (AvgIpc) is 3.00. The van der Waals surface area contributed by atoms with Gasteiger partial charge in [0.15, 0.2) is 0 Å². The highest BCUT2D eigenvalue weighted by Gasteiger charge is 2.09. The van der Waals surface area contributed by atoms with Crippen LogP contribution in [0.25, 0.3) is 17.0 Å². The number of carboxylic acids is 1. The van der Waals surface area contributed by atoms with Gasteiger partial charge in [0.05, 0.1) is 6.10 Å². The van der Waals surface area contributed by atoms with Crippen molar-refractivity contribution in [1.82, 2.24) is 4.98 Å². The molecule has 0 amide bonds. The smallest absolute Gasteiger partial charge is 0.303 e. The first-order chi connectivity index (χ1) is 13.1. The van der Waals surface area contributed by atoms with Gasteiger partial charge in [0.25, 0.3) is 0 Å². The fourth-order valence-electron chi connectivity index (χ4n) is 3.47. The number of carbonyl (C=O) groups is 1. The molecule has 1 atom stereocenters. The van der Waals surface area contributed by atoms with Crippen molar-refractivity contribution >= 4 is 22.9 Å². The van der Waals surface area contributed by atoms with Crippen LogP contribution < -0.4 is 0 Å². The number of H-pyrrole nitrogens is 1. The molecule has 1 aromatic heterocycles. The standard InChI is InChI=1S/C23H33NO3/c1-2-3-6-11-18(25)16-17-22-20(12-7-4-5-8-15-23(26)27)19-13-9-10-14-21(19)24-22/h9-10,13-14,16-18,24-25H,2-8,11-12,15H2,1H3,(H,26,27). The van der Waals surface area contributed by atoms with E-state index >= 15 is 0 Å². The third-order valence-corrected chi connectivity index (χ3v) is 5.00. The number of aromatic amines is 1. The number of aryl methyl sites for hydroxylation is 1. The number of aliphatic hydroxyl groups is 1. The summed E-state index contributed by atoms with van der Waals surface area (Å²) in [5.74, 6) is -0.712. The van der Waals surface area contributed by atoms with E-state index in [4.69, 9.17) is 5.11 Å². The lowest BCUT2D eigenvalue weighted by Crippen LogP contribution is -2.01. The summed E-state index contributed by atoms with van der Waals surface area (Å²) >= 11 is 0. The van der Waals surface area contributed by atoms with Gasteiger partial charge in [-0.2, -0.15) is 0 Å². The van der Waals surface area contributed by atoms with Gasteiger partial charge in [0, 0.05) is 23.0 Å². The molecule has 0 aliphatic heterocycles. The molecule has 0 saturated heterocycles. The summed E-state index contributed by atoms with van der Waals surface area (Å²) in [5.41, 5.74) is 3.50. The van der Waals surface area contributed by atoms with E-state index < -0.39 is 12.1 Å². The minimum absolute atomic E-state index is 0.261. The maximum Gasteiger partial charge on any atom is 0.303 e. The van der Waals surface area contributed by atoms with Crippen LogP contribution in [-0.4, -0.2) is 27.3 Å². The first-order valence-electron chi connectivity index (χ1n) is 10.3. The summed E-state index contributed by atoms with van der Waals surface area (Å²) in [6.07, 6.45) is 12.7. The predicted octanol–water partition coefficient (Wildman–Crippen LogP) is 5.70. The van der Waals surface area contributed by atoms with E-state index in [0.717, 1.165) is 69.0 Å². The third-order valence-electron chi connectivity index (χ3n) is 5.00. The van der Waals surface area contributed by atoms with Gasteiger partial charge in [-0.05, 0) is 43.4 Å². The van der Waals surface area contributed by atoms with E-state index in [1.807, 2.05) is 18.2 Å². The zero-order chi connectivity index (χ0) is 19.5. The molecule has 0 bridgehead atoms. The molecule has 0 radical (unpaired) electrons. The first kappa shape index (κ1) is 21.2. The Morgan fingerprint density at radius 1 is 1.11 bits per heavy atom. The molecular formula is C23H33NO3. The number of hydrogen-bond acceptors (Lipinski definition) is 2. The number of carboxylic acid groups (broad SMARTS) is 1. The highest BCUT2D eigenvalue weighted by Crippen LogP contribution is 2.26. The molecule has 2 aromatic rings. The number of benzene rings is 1. The summed E-state index contributed by atoms with van der Waals surface area (Å²) < 4.78 is 0. The second-order valence-corrected chi connectivity index (χ2v) is 7.29. The van der Waals surface area contributed by atoms with Crippen molar-refractivity contribution in [3.05, 3.63) is 41.6 Å². The van der Waals surface area contributed by atoms with Crippen LogP contribution in [-0.2, 0) is 11.2 Å². The van der Waals surface area contributed by atoms with Gasteiger partial charge in [-0.3, -0.25) is 4.79 Å². The van der Waals surface area contributed by atoms with Crippen molar-refractivity contribution in [3.8, 4) is 0 Å². The number of nitrogens with one attached hydrogen (secondary N) is 1. The number of unbranched alkanes of at least 4 members (excludes halogenated alkanes) is 5. The number of fused-ring (bicyclic) bond motifs is 1. The van der Waals surface area contributed by atoms with Crippen molar-refractivity contribution < 1.29 is 15.0 Å². The number of aliphatic carboxylic acids is 1. The summed E-state index contributed by atoms with van der Waals surface area (Å²) in [5, 5.41) is 20.1. The molecule has 0 spiro atoms. The summed E-state index contributed by atoms with van der Waals surface area (Å²) in [4.78, 5) is 14.1. The molecule has 0 aliphatic carbocycles. The Labute approximate surface area is 162 Å². The van der Waals surface area contributed by atoms with Crippen LogP contribution in [0.1, 0.15) is 76.0 Å². The van der Waals surface area contributed by atoms with Crippen LogP contribution in [0.4, 0.5) is 0 Å². The lowest BCUT2D eigenvalue weighted by molar-refractivity contribution is -0.137. The largest absolute Gasteiger partial charge is 0.481 e. The third kappa shape index (κ3) is 7.22. The summed E-state index contributed by atoms with van der Waals surface area (Å²) in [6.45, 7) is 2.17. The predicted molar refractivity (Wildman–Crippen MR) is 112 cm³/mol. The van der Waals surface area contributed by atoms with Crippen LogP contribution in [0.5, 0.6) is 0 Å². The van der Waals surface area contributed by atoms with E-state index in [1.54, 1.807) is 0 Å². The number of para-hydroxylation sites is 1. The number of aromatic nitrogens is 1. The van der Waals surface area contributed by atoms with Gasteiger partial charge in [-0.25, -0.2) is 0 Å². The van der Waals surface area contributed by atoms with Crippen LogP contribution in [0.3, 0.4) is 0 Å². The molecule has 1 aromatic carbocycles. The molecule has 0 fully saturated rings. The van der Waals surface area contributed by atoms with Gasteiger partial charge in [-0.1, -0.05) is 63.3 Å². The van der Waals surface area contributed by atoms with E-state index in [9.17, 15) is 9.90 Å². The number of hydrogen-bond donors (Lipinski definition) is 3. The SMILES string of the molecule is CCCCCC(O)C=Cc1[nH]c2ccccc2c1CCCCCCC(=O)O. The fraction of sp³-hybridized carbons (Fsp3) is 0.522. The van der Waals surface area contributed by atoms with Crippen molar-refractivity contribution in [2.75, 3.05) is 0 Å². The molecule has 4 nitrogen and oxygen atoms in total. The summed E-state index contributed by atoms with van der Waals surface area (Å²) in [7, 11) is 0. The fourth-order valence-corrected chi connectivity index (χ4v) is 3.47. The minimum Gasteiger partial charge on any atom is -0.481 e. The topological polar surface area (TPSA) is 73.3 Å². The zero-order valence-corrected chi connectivity index (χ0v) is 16.4. The number of aliphatic hydroxyl groups excluding tert-OH is 1. The van der Waals surface area contributed by atoms with Crippen LogP contribution in [0.2, 0.25) is 0 Å². The molecule has 0 saturated carbocycles. The maximum absolute atomic E-state index is 10.6. The molecular weight excluding hydrogens is 338 g/mol. The highest BCUT2D eigenvalue weighted by molar-refractivity contribution is 5.87. The Kier molecular flexibility index (Phi) is 9.12. The average molecular weight is 372 g/mol. The van der Waals surface area contributed by atoms with Crippen molar-refractivity contribution in [3.63, 3.8) is 0 Å². The molecule has 27 heavy (non-hydrogen) atoms. The second-order valence-electron chi connectivity index (χ2n) is 7.29. The van der Waals surface area contributed by atoms with E-state index in [2.05, 4.69) is 30.1 Å². The van der Waals surface area contributed by atoms with E-state index in [0.29, 0.717) is 0 Å². The Balaban J connectivity index is 1.98. The van der Waals surface area contributed by atoms with Gasteiger partial charge in [-0.15, -0.1) is 0 Å². The van der Waals surface area contributed by atoms with Crippen molar-refractivity contribution in [1.29, 1.82) is 0 Å². The molecule has 0 aliphatic rings. The van der Waals surface area contributed by atoms with Gasteiger partial charge >= 0.3 is 5.97 Å². The molecule has 3 N–H and O–H groups in total. The minimum atomic E-state index is -0.712. The Bertz CT molecular complexity index is 732. The Morgan fingerprint density at radius 3 is 2.67 bits per heavy atom. The van der Waals surface area contributed by atoms with E-state index in [1.165, 1.54) is 10.9 Å². The van der Waals surface area contributed by atoms with Crippen LogP contribution in [0, 0.1) is 0 Å². The molecule has 148 valence electrons.